The Hall–Kier alpha value is -2.08. The highest BCUT2D eigenvalue weighted by molar-refractivity contribution is 7.18. The monoisotopic (exact) mass is 305 g/mol. The van der Waals surface area contributed by atoms with Gasteiger partial charge in [-0.25, -0.2) is 4.98 Å². The van der Waals surface area contributed by atoms with Crippen molar-refractivity contribution in [2.75, 3.05) is 18.2 Å². The van der Waals surface area contributed by atoms with Crippen LogP contribution in [0.15, 0.2) is 18.2 Å². The van der Waals surface area contributed by atoms with E-state index >= 15 is 0 Å². The summed E-state index contributed by atoms with van der Waals surface area (Å²) in [6.07, 6.45) is 0. The Kier molecular flexibility index (Phi) is 4.47. The third-order valence-electron chi connectivity index (χ3n) is 3.00. The highest BCUT2D eigenvalue weighted by Crippen LogP contribution is 2.33. The Labute approximate surface area is 128 Å². The van der Waals surface area contributed by atoms with Crippen LogP contribution < -0.4 is 15.8 Å². The third kappa shape index (κ3) is 3.33. The van der Waals surface area contributed by atoms with Crippen LogP contribution >= 0.6 is 11.3 Å². The normalized spacial score (nSPS) is 10.7. The summed E-state index contributed by atoms with van der Waals surface area (Å²) in [5.74, 6) is 0.891. The van der Waals surface area contributed by atoms with Gasteiger partial charge >= 0.3 is 0 Å². The zero-order valence-corrected chi connectivity index (χ0v) is 13.4. The molecule has 0 bridgehead atoms. The Morgan fingerprint density at radius 3 is 2.76 bits per heavy atom. The molecule has 5 nitrogen and oxygen atoms in total. The molecule has 112 valence electrons. The molecule has 0 atom stereocenters. The molecule has 1 aromatic carbocycles. The van der Waals surface area contributed by atoms with E-state index in [-0.39, 0.29) is 17.5 Å². The number of rotatable bonds is 5. The molecule has 0 unspecified atom stereocenters. The second kappa shape index (κ2) is 6.13. The Morgan fingerprint density at radius 2 is 2.14 bits per heavy atom. The van der Waals surface area contributed by atoms with Crippen molar-refractivity contribution in [2.45, 2.75) is 20.8 Å². The van der Waals surface area contributed by atoms with Crippen molar-refractivity contribution in [2.24, 2.45) is 5.92 Å². The number of nitrogen functional groups attached to an aromatic ring is 1. The first kappa shape index (κ1) is 15.3. The molecule has 0 radical (unpaired) electrons. The highest BCUT2D eigenvalue weighted by Gasteiger charge is 2.19. The van der Waals surface area contributed by atoms with E-state index in [9.17, 15) is 4.79 Å². The Morgan fingerprint density at radius 1 is 1.43 bits per heavy atom. The summed E-state index contributed by atoms with van der Waals surface area (Å²) in [7, 11) is 1.61. The third-order valence-corrected chi connectivity index (χ3v) is 4.00. The lowest BCUT2D eigenvalue weighted by Gasteiger charge is -2.09. The zero-order chi connectivity index (χ0) is 15.6. The first-order valence-corrected chi connectivity index (χ1v) is 7.46. The lowest BCUT2D eigenvalue weighted by atomic mass is 10.1. The van der Waals surface area contributed by atoms with E-state index in [1.165, 1.54) is 11.3 Å². The van der Waals surface area contributed by atoms with Gasteiger partial charge in [0.05, 0.1) is 12.8 Å². The lowest BCUT2D eigenvalue weighted by molar-refractivity contribution is 0.0944. The number of carbonyl (C=O) groups is 1. The number of benzene rings is 1. The average molecular weight is 305 g/mol. The Balaban J connectivity index is 2.31. The molecule has 2 rings (SSSR count). The van der Waals surface area contributed by atoms with Crippen molar-refractivity contribution in [1.29, 1.82) is 0 Å². The van der Waals surface area contributed by atoms with Crippen molar-refractivity contribution in [1.82, 2.24) is 4.98 Å². The van der Waals surface area contributed by atoms with E-state index < -0.39 is 0 Å². The van der Waals surface area contributed by atoms with Crippen LogP contribution in [0.3, 0.4) is 0 Å². The number of methoxy groups -OCH3 is 1. The van der Waals surface area contributed by atoms with Crippen LogP contribution in [0.5, 0.6) is 5.75 Å². The van der Waals surface area contributed by atoms with Gasteiger partial charge in [0.2, 0.25) is 0 Å². The standard InChI is InChI=1S/C15H19N3O2S/c1-8(2)12(19)13-14(16)18-15(21-13)17-10-7-9(3)5-6-11(10)20-4/h5-8H,16H2,1-4H3,(H,17,18). The second-order valence-corrected chi connectivity index (χ2v) is 6.08. The fourth-order valence-corrected chi connectivity index (χ4v) is 2.84. The minimum atomic E-state index is -0.103. The fraction of sp³-hybridized carbons (Fsp3) is 0.333. The molecule has 0 aliphatic heterocycles. The van der Waals surface area contributed by atoms with E-state index in [2.05, 4.69) is 10.3 Å². The van der Waals surface area contributed by atoms with Gasteiger partial charge in [0.1, 0.15) is 16.4 Å². The summed E-state index contributed by atoms with van der Waals surface area (Å²) in [4.78, 5) is 16.8. The number of hydrogen-bond acceptors (Lipinski definition) is 6. The maximum absolute atomic E-state index is 12.0. The predicted molar refractivity (Wildman–Crippen MR) is 86.7 cm³/mol. The lowest BCUT2D eigenvalue weighted by Crippen LogP contribution is -2.07. The van der Waals surface area contributed by atoms with Gasteiger partial charge in [-0.2, -0.15) is 0 Å². The predicted octanol–water partition coefficient (Wildman–Crippen LogP) is 3.62. The highest BCUT2D eigenvalue weighted by atomic mass is 32.1. The smallest absolute Gasteiger partial charge is 0.189 e. The van der Waals surface area contributed by atoms with Crippen molar-refractivity contribution in [3.63, 3.8) is 0 Å². The van der Waals surface area contributed by atoms with Gasteiger partial charge in [0.15, 0.2) is 10.9 Å². The van der Waals surface area contributed by atoms with Crippen LogP contribution in [-0.2, 0) is 0 Å². The van der Waals surface area contributed by atoms with Crippen LogP contribution in [0.2, 0.25) is 0 Å². The van der Waals surface area contributed by atoms with Crippen molar-refractivity contribution >= 4 is 33.8 Å². The maximum atomic E-state index is 12.0. The zero-order valence-electron chi connectivity index (χ0n) is 12.6. The molecule has 2 aromatic rings. The summed E-state index contributed by atoms with van der Waals surface area (Å²) in [6, 6.07) is 5.81. The summed E-state index contributed by atoms with van der Waals surface area (Å²) in [6.45, 7) is 5.69. The Bertz CT molecular complexity index is 665. The number of hydrogen-bond donors (Lipinski definition) is 2. The number of thiazole rings is 1. The second-order valence-electron chi connectivity index (χ2n) is 5.08. The van der Waals surface area contributed by atoms with Gasteiger partial charge in [-0.3, -0.25) is 4.79 Å². The van der Waals surface area contributed by atoms with Gasteiger partial charge in [-0.05, 0) is 24.6 Å². The topological polar surface area (TPSA) is 77.2 Å². The summed E-state index contributed by atoms with van der Waals surface area (Å²) >= 11 is 1.26. The number of aromatic nitrogens is 1. The minimum absolute atomic E-state index is 0.00857. The molecule has 6 heteroatoms. The van der Waals surface area contributed by atoms with Crippen LogP contribution in [0.4, 0.5) is 16.6 Å². The molecule has 0 spiro atoms. The fourth-order valence-electron chi connectivity index (χ4n) is 1.86. The number of nitrogens with zero attached hydrogens (tertiary/aromatic N) is 1. The van der Waals surface area contributed by atoms with E-state index in [4.69, 9.17) is 10.5 Å². The number of ether oxygens (including phenoxy) is 1. The molecule has 0 amide bonds. The number of nitrogens with one attached hydrogen (secondary N) is 1. The van der Waals surface area contributed by atoms with Gasteiger partial charge in [0.25, 0.3) is 0 Å². The van der Waals surface area contributed by atoms with Crippen molar-refractivity contribution in [3.8, 4) is 5.75 Å². The molecular formula is C15H19N3O2S. The molecule has 0 aliphatic carbocycles. The molecule has 1 heterocycles. The number of nitrogens with two attached hydrogens (primary N) is 1. The molecule has 1 aromatic heterocycles. The molecule has 21 heavy (non-hydrogen) atoms. The first-order valence-electron chi connectivity index (χ1n) is 6.64. The van der Waals surface area contributed by atoms with Gasteiger partial charge in [0, 0.05) is 5.92 Å². The number of aryl methyl sites for hydroxylation is 1. The minimum Gasteiger partial charge on any atom is -0.495 e. The summed E-state index contributed by atoms with van der Waals surface area (Å²) in [5, 5.41) is 3.75. The molecule has 3 N–H and O–H groups in total. The van der Waals surface area contributed by atoms with E-state index in [1.807, 2.05) is 39.0 Å². The van der Waals surface area contributed by atoms with Crippen LogP contribution in [0.1, 0.15) is 29.1 Å². The molecule has 0 saturated heterocycles. The molecule has 0 aliphatic rings. The van der Waals surface area contributed by atoms with E-state index in [1.54, 1.807) is 7.11 Å². The summed E-state index contributed by atoms with van der Waals surface area (Å²) in [5.41, 5.74) is 7.74. The molecular weight excluding hydrogens is 286 g/mol. The van der Waals surface area contributed by atoms with Crippen LogP contribution in [0.25, 0.3) is 0 Å². The van der Waals surface area contributed by atoms with Gasteiger partial charge < -0.3 is 15.8 Å². The van der Waals surface area contributed by atoms with Crippen LogP contribution in [0, 0.1) is 12.8 Å². The number of ketones is 1. The van der Waals surface area contributed by atoms with Gasteiger partial charge in [-0.1, -0.05) is 31.3 Å². The quantitative estimate of drug-likeness (QED) is 0.825. The first-order chi connectivity index (χ1) is 9.92. The number of anilines is 3. The maximum Gasteiger partial charge on any atom is 0.189 e. The molecule has 0 fully saturated rings. The number of Topliss-reactive ketones (excluding diaryl/α,β-unsaturated/α-hetero) is 1. The van der Waals surface area contributed by atoms with Crippen molar-refractivity contribution in [3.05, 3.63) is 28.6 Å². The van der Waals surface area contributed by atoms with Gasteiger partial charge in [-0.15, -0.1) is 0 Å². The van der Waals surface area contributed by atoms with E-state index in [0.29, 0.717) is 15.8 Å². The average Bonchev–Trinajstić information content (AvgIpc) is 2.78. The largest absolute Gasteiger partial charge is 0.495 e. The van der Waals surface area contributed by atoms with Crippen LogP contribution in [-0.4, -0.2) is 17.9 Å². The number of carbonyl (C=O) groups excluding carboxylic acids is 1. The van der Waals surface area contributed by atoms with E-state index in [0.717, 1.165) is 11.3 Å². The van der Waals surface area contributed by atoms with Crippen molar-refractivity contribution < 1.29 is 9.53 Å². The molecule has 0 saturated carbocycles. The summed E-state index contributed by atoms with van der Waals surface area (Å²) < 4.78 is 5.31. The SMILES string of the molecule is COc1ccc(C)cc1Nc1nc(N)c(C(=O)C(C)C)s1.